The Hall–Kier alpha value is -4.46. The Morgan fingerprint density at radius 2 is 1.64 bits per heavy atom. The molecule has 3 aromatic carbocycles. The predicted molar refractivity (Wildman–Crippen MR) is 151 cm³/mol. The highest BCUT2D eigenvalue weighted by Gasteiger charge is 2.17. The fraction of sp³-hybridized carbons (Fsp3) is 0.290. The van der Waals surface area contributed by atoms with Crippen LogP contribution in [0, 0.1) is 5.92 Å². The Balaban J connectivity index is 1.21. The molecule has 0 saturated carbocycles. The summed E-state index contributed by atoms with van der Waals surface area (Å²) in [6.45, 7) is 6.67. The predicted octanol–water partition coefficient (Wildman–Crippen LogP) is 5.77. The molecule has 39 heavy (non-hydrogen) atoms. The number of amides is 1. The van der Waals surface area contributed by atoms with E-state index in [2.05, 4.69) is 39.8 Å². The molecule has 4 rings (SSSR count). The molecule has 1 amide bonds. The van der Waals surface area contributed by atoms with Crippen molar-refractivity contribution in [1.82, 2.24) is 15.5 Å². The first-order valence-electron chi connectivity index (χ1n) is 13.2. The van der Waals surface area contributed by atoms with Gasteiger partial charge in [-0.05, 0) is 74.6 Å². The number of carbonyl (C=O) groups is 2. The minimum atomic E-state index is -0.695. The summed E-state index contributed by atoms with van der Waals surface area (Å²) in [4.78, 5) is 28.6. The maximum atomic E-state index is 12.4. The van der Waals surface area contributed by atoms with Crippen molar-refractivity contribution in [2.75, 3.05) is 18.5 Å². The van der Waals surface area contributed by atoms with Gasteiger partial charge in [-0.25, -0.2) is 4.79 Å². The van der Waals surface area contributed by atoms with Crippen molar-refractivity contribution in [2.24, 2.45) is 5.92 Å². The number of anilines is 1. The second-order valence-corrected chi connectivity index (χ2v) is 9.54. The molecule has 202 valence electrons. The molecule has 0 spiro atoms. The van der Waals surface area contributed by atoms with E-state index >= 15 is 0 Å². The minimum absolute atomic E-state index is 0.280. The zero-order chi connectivity index (χ0) is 27.6. The first-order valence-corrected chi connectivity index (χ1v) is 13.2. The maximum Gasteiger partial charge on any atom is 0.328 e. The van der Waals surface area contributed by atoms with Crippen LogP contribution < -0.4 is 10.6 Å². The van der Waals surface area contributed by atoms with Gasteiger partial charge in [0, 0.05) is 28.9 Å². The van der Waals surface area contributed by atoms with Crippen LogP contribution in [0.25, 0.3) is 22.8 Å². The van der Waals surface area contributed by atoms with Gasteiger partial charge in [0.2, 0.25) is 5.82 Å². The summed E-state index contributed by atoms with van der Waals surface area (Å²) in [6.07, 6.45) is 1.95. The van der Waals surface area contributed by atoms with E-state index in [4.69, 9.17) is 9.26 Å². The highest BCUT2D eigenvalue weighted by Crippen LogP contribution is 2.23. The summed E-state index contributed by atoms with van der Waals surface area (Å²) in [7, 11) is 0. The third kappa shape index (κ3) is 7.77. The second-order valence-electron chi connectivity index (χ2n) is 9.54. The SMILES string of the molecule is CCOC(=O)[C@H](C)NC(=O)c1ccc(NCCC(C)Cc2ccc(-c3nc(-c4ccccc4)no3)cc2)cc1. The fourth-order valence-corrected chi connectivity index (χ4v) is 4.14. The zero-order valence-electron chi connectivity index (χ0n) is 22.5. The van der Waals surface area contributed by atoms with Crippen LogP contribution in [0.3, 0.4) is 0 Å². The quantitative estimate of drug-likeness (QED) is 0.226. The average Bonchev–Trinajstić information content (AvgIpc) is 3.45. The van der Waals surface area contributed by atoms with E-state index in [9.17, 15) is 9.59 Å². The van der Waals surface area contributed by atoms with E-state index in [1.54, 1.807) is 26.0 Å². The van der Waals surface area contributed by atoms with E-state index < -0.39 is 12.0 Å². The molecule has 8 nitrogen and oxygen atoms in total. The molecule has 0 bridgehead atoms. The van der Waals surface area contributed by atoms with Gasteiger partial charge in [-0.1, -0.05) is 54.5 Å². The number of nitrogens with zero attached hydrogens (tertiary/aromatic N) is 2. The topological polar surface area (TPSA) is 106 Å². The summed E-state index contributed by atoms with van der Waals surface area (Å²) >= 11 is 0. The standard InChI is InChI=1S/C31H34N4O4/c1-4-38-31(37)22(3)33-29(36)25-14-16-27(17-15-25)32-19-18-21(2)20-23-10-12-26(13-11-23)30-34-28(35-39-30)24-8-6-5-7-9-24/h5-17,21-22,32H,4,18-20H2,1-3H3,(H,33,36)/t21?,22-/m0/s1. The third-order valence-electron chi connectivity index (χ3n) is 6.34. The number of rotatable bonds is 12. The van der Waals surface area contributed by atoms with Gasteiger partial charge in [0.25, 0.3) is 11.8 Å². The van der Waals surface area contributed by atoms with Gasteiger partial charge in [-0.15, -0.1) is 0 Å². The minimum Gasteiger partial charge on any atom is -0.464 e. The van der Waals surface area contributed by atoms with Crippen LogP contribution >= 0.6 is 0 Å². The molecule has 0 fully saturated rings. The van der Waals surface area contributed by atoms with Crippen LogP contribution in [0.4, 0.5) is 5.69 Å². The van der Waals surface area contributed by atoms with Crippen molar-refractivity contribution in [1.29, 1.82) is 0 Å². The van der Waals surface area contributed by atoms with Gasteiger partial charge >= 0.3 is 5.97 Å². The molecule has 0 aliphatic carbocycles. The molecule has 2 atom stereocenters. The average molecular weight is 527 g/mol. The largest absolute Gasteiger partial charge is 0.464 e. The number of benzene rings is 3. The molecule has 2 N–H and O–H groups in total. The number of esters is 1. The molecule has 1 heterocycles. The van der Waals surface area contributed by atoms with Crippen LogP contribution in [0.5, 0.6) is 0 Å². The van der Waals surface area contributed by atoms with E-state index in [1.807, 2.05) is 54.6 Å². The Morgan fingerprint density at radius 1 is 0.923 bits per heavy atom. The van der Waals surface area contributed by atoms with Crippen molar-refractivity contribution in [3.63, 3.8) is 0 Å². The van der Waals surface area contributed by atoms with E-state index in [1.165, 1.54) is 5.56 Å². The molecule has 0 saturated heterocycles. The number of nitrogens with one attached hydrogen (secondary N) is 2. The normalized spacial score (nSPS) is 12.4. The number of aromatic nitrogens is 2. The van der Waals surface area contributed by atoms with Crippen LogP contribution in [-0.2, 0) is 16.0 Å². The highest BCUT2D eigenvalue weighted by atomic mass is 16.5. The lowest BCUT2D eigenvalue weighted by atomic mass is 9.97. The molecule has 8 heteroatoms. The number of hydrogen-bond acceptors (Lipinski definition) is 7. The lowest BCUT2D eigenvalue weighted by Crippen LogP contribution is -2.39. The Morgan fingerprint density at radius 3 is 2.33 bits per heavy atom. The van der Waals surface area contributed by atoms with Gasteiger partial charge in [0.15, 0.2) is 0 Å². The molecular formula is C31H34N4O4. The summed E-state index contributed by atoms with van der Waals surface area (Å²) < 4.78 is 10.4. The monoisotopic (exact) mass is 526 g/mol. The lowest BCUT2D eigenvalue weighted by molar-refractivity contribution is -0.144. The molecule has 0 aliphatic rings. The smallest absolute Gasteiger partial charge is 0.328 e. The van der Waals surface area contributed by atoms with Crippen LogP contribution in [0.2, 0.25) is 0 Å². The van der Waals surface area contributed by atoms with Crippen LogP contribution in [0.1, 0.15) is 43.1 Å². The lowest BCUT2D eigenvalue weighted by Gasteiger charge is -2.14. The van der Waals surface area contributed by atoms with Crippen molar-refractivity contribution in [2.45, 2.75) is 39.7 Å². The van der Waals surface area contributed by atoms with Gasteiger partial charge in [0.1, 0.15) is 6.04 Å². The van der Waals surface area contributed by atoms with Crippen LogP contribution in [-0.4, -0.2) is 41.2 Å². The van der Waals surface area contributed by atoms with Gasteiger partial charge < -0.3 is 19.9 Å². The van der Waals surface area contributed by atoms with Crippen molar-refractivity contribution < 1.29 is 18.8 Å². The molecule has 1 aromatic heterocycles. The Bertz CT molecular complexity index is 1350. The number of ether oxygens (including phenoxy) is 1. The first-order chi connectivity index (χ1) is 18.9. The van der Waals surface area contributed by atoms with Crippen molar-refractivity contribution >= 4 is 17.6 Å². The first kappa shape index (κ1) is 27.6. The van der Waals surface area contributed by atoms with E-state index in [-0.39, 0.29) is 12.5 Å². The van der Waals surface area contributed by atoms with E-state index in [0.29, 0.717) is 23.2 Å². The Kier molecular flexibility index (Phi) is 9.45. The molecule has 4 aromatic rings. The van der Waals surface area contributed by atoms with Gasteiger partial charge in [-0.3, -0.25) is 4.79 Å². The van der Waals surface area contributed by atoms with Gasteiger partial charge in [0.05, 0.1) is 6.61 Å². The summed E-state index contributed by atoms with van der Waals surface area (Å²) in [5.74, 6) is 0.814. The molecule has 0 radical (unpaired) electrons. The zero-order valence-corrected chi connectivity index (χ0v) is 22.5. The molecular weight excluding hydrogens is 492 g/mol. The second kappa shape index (κ2) is 13.4. The van der Waals surface area contributed by atoms with E-state index in [0.717, 1.165) is 36.2 Å². The summed E-state index contributed by atoms with van der Waals surface area (Å²) in [5.41, 5.74) is 4.51. The third-order valence-corrected chi connectivity index (χ3v) is 6.34. The fourth-order valence-electron chi connectivity index (χ4n) is 4.14. The van der Waals surface area contributed by atoms with Gasteiger partial charge in [-0.2, -0.15) is 4.98 Å². The summed E-state index contributed by atoms with van der Waals surface area (Å²) in [6, 6.07) is 24.6. The number of hydrogen-bond donors (Lipinski definition) is 2. The molecule has 1 unspecified atom stereocenters. The van der Waals surface area contributed by atoms with Crippen molar-refractivity contribution in [3.05, 3.63) is 90.0 Å². The summed E-state index contributed by atoms with van der Waals surface area (Å²) in [5, 5.41) is 10.2. The molecule has 0 aliphatic heterocycles. The number of carbonyl (C=O) groups excluding carboxylic acids is 2. The Labute approximate surface area is 228 Å². The van der Waals surface area contributed by atoms with Crippen LogP contribution in [0.15, 0.2) is 83.4 Å². The maximum absolute atomic E-state index is 12.4. The highest BCUT2D eigenvalue weighted by molar-refractivity contribution is 5.96. The van der Waals surface area contributed by atoms with Crippen molar-refractivity contribution in [3.8, 4) is 22.8 Å².